The molecule has 1 fully saturated rings. The Bertz CT molecular complexity index is 540. The third kappa shape index (κ3) is 2.14. The molecular formula is C16H18O2. The van der Waals surface area contributed by atoms with Gasteiger partial charge in [0.2, 0.25) is 0 Å². The van der Waals surface area contributed by atoms with Gasteiger partial charge >= 0.3 is 0 Å². The summed E-state index contributed by atoms with van der Waals surface area (Å²) >= 11 is 0. The first-order chi connectivity index (χ1) is 8.78. The van der Waals surface area contributed by atoms with Crippen molar-refractivity contribution in [2.75, 3.05) is 13.2 Å². The molecule has 1 aliphatic heterocycles. The number of hydrogen-bond acceptors (Lipinski definition) is 2. The quantitative estimate of drug-likeness (QED) is 0.756. The second-order valence-electron chi connectivity index (χ2n) is 4.91. The highest BCUT2D eigenvalue weighted by atomic mass is 16.7. The van der Waals surface area contributed by atoms with Gasteiger partial charge in [0.15, 0.2) is 5.79 Å². The van der Waals surface area contributed by atoms with Crippen LogP contribution in [-0.2, 0) is 15.3 Å². The van der Waals surface area contributed by atoms with Crippen molar-refractivity contribution in [3.63, 3.8) is 0 Å². The van der Waals surface area contributed by atoms with Crippen LogP contribution in [0.1, 0.15) is 25.3 Å². The Morgan fingerprint density at radius 3 is 2.28 bits per heavy atom. The Morgan fingerprint density at radius 1 is 0.889 bits per heavy atom. The van der Waals surface area contributed by atoms with Gasteiger partial charge in [-0.15, -0.1) is 0 Å². The van der Waals surface area contributed by atoms with Crippen LogP contribution in [-0.4, -0.2) is 13.2 Å². The van der Waals surface area contributed by atoms with Crippen LogP contribution in [0.25, 0.3) is 10.8 Å². The smallest absolute Gasteiger partial charge is 0.191 e. The van der Waals surface area contributed by atoms with Gasteiger partial charge in [-0.2, -0.15) is 0 Å². The Morgan fingerprint density at radius 2 is 1.56 bits per heavy atom. The molecule has 0 aromatic heterocycles. The maximum absolute atomic E-state index is 5.90. The fourth-order valence-corrected chi connectivity index (χ4v) is 2.42. The lowest BCUT2D eigenvalue weighted by Crippen LogP contribution is -2.28. The number of rotatable bonds is 1. The topological polar surface area (TPSA) is 18.5 Å². The van der Waals surface area contributed by atoms with Crippen molar-refractivity contribution >= 4 is 10.8 Å². The summed E-state index contributed by atoms with van der Waals surface area (Å²) in [5.74, 6) is -0.597. The molecule has 3 rings (SSSR count). The maximum Gasteiger partial charge on any atom is 0.191 e. The third-order valence-corrected chi connectivity index (χ3v) is 3.57. The first-order valence-electron chi connectivity index (χ1n) is 6.55. The van der Waals surface area contributed by atoms with E-state index in [1.165, 1.54) is 10.8 Å². The highest BCUT2D eigenvalue weighted by Crippen LogP contribution is 2.31. The SMILES string of the molecule is CC1(c2ccc3ccccc3c2)OCCCCO1. The number of fused-ring (bicyclic) bond motifs is 1. The molecule has 0 N–H and O–H groups in total. The van der Waals surface area contributed by atoms with Gasteiger partial charge in [0, 0.05) is 5.56 Å². The molecule has 2 aromatic carbocycles. The van der Waals surface area contributed by atoms with E-state index in [2.05, 4.69) is 42.5 Å². The fraction of sp³-hybridized carbons (Fsp3) is 0.375. The van der Waals surface area contributed by atoms with Crippen LogP contribution in [0.3, 0.4) is 0 Å². The van der Waals surface area contributed by atoms with E-state index < -0.39 is 5.79 Å². The van der Waals surface area contributed by atoms with Crippen LogP contribution in [0.4, 0.5) is 0 Å². The van der Waals surface area contributed by atoms with E-state index >= 15 is 0 Å². The first-order valence-corrected chi connectivity index (χ1v) is 6.55. The van der Waals surface area contributed by atoms with Crippen molar-refractivity contribution in [1.29, 1.82) is 0 Å². The second-order valence-corrected chi connectivity index (χ2v) is 4.91. The minimum absolute atomic E-state index is 0.597. The molecule has 0 bridgehead atoms. The average molecular weight is 242 g/mol. The van der Waals surface area contributed by atoms with E-state index in [0.29, 0.717) is 0 Å². The van der Waals surface area contributed by atoms with Gasteiger partial charge in [-0.3, -0.25) is 0 Å². The zero-order valence-corrected chi connectivity index (χ0v) is 10.7. The third-order valence-electron chi connectivity index (χ3n) is 3.57. The molecule has 2 nitrogen and oxygen atoms in total. The summed E-state index contributed by atoms with van der Waals surface area (Å²) in [6.07, 6.45) is 2.15. The number of benzene rings is 2. The summed E-state index contributed by atoms with van der Waals surface area (Å²) in [6, 6.07) is 14.8. The summed E-state index contributed by atoms with van der Waals surface area (Å²) in [5, 5.41) is 2.48. The van der Waals surface area contributed by atoms with E-state index in [9.17, 15) is 0 Å². The van der Waals surface area contributed by atoms with Gasteiger partial charge < -0.3 is 9.47 Å². The van der Waals surface area contributed by atoms with Crippen molar-refractivity contribution in [2.24, 2.45) is 0 Å². The fourth-order valence-electron chi connectivity index (χ4n) is 2.42. The Hall–Kier alpha value is -1.38. The monoisotopic (exact) mass is 242 g/mol. The van der Waals surface area contributed by atoms with Crippen molar-refractivity contribution in [3.05, 3.63) is 48.0 Å². The standard InChI is InChI=1S/C16H18O2/c1-16(17-10-4-5-11-18-16)15-9-8-13-6-2-3-7-14(13)12-15/h2-3,6-9,12H,4-5,10-11H2,1H3. The zero-order chi connectivity index (χ0) is 12.4. The van der Waals surface area contributed by atoms with Gasteiger partial charge in [0.05, 0.1) is 13.2 Å². The van der Waals surface area contributed by atoms with Crippen LogP contribution in [0.15, 0.2) is 42.5 Å². The minimum atomic E-state index is -0.597. The molecule has 2 aromatic rings. The molecule has 2 heteroatoms. The molecule has 0 unspecified atom stereocenters. The zero-order valence-electron chi connectivity index (χ0n) is 10.7. The molecule has 0 amide bonds. The Kier molecular flexibility index (Phi) is 3.06. The van der Waals surface area contributed by atoms with Crippen molar-refractivity contribution in [1.82, 2.24) is 0 Å². The van der Waals surface area contributed by atoms with Gasteiger partial charge in [0.25, 0.3) is 0 Å². The maximum atomic E-state index is 5.90. The van der Waals surface area contributed by atoms with Gasteiger partial charge in [-0.05, 0) is 36.6 Å². The molecule has 18 heavy (non-hydrogen) atoms. The van der Waals surface area contributed by atoms with E-state index in [-0.39, 0.29) is 0 Å². The molecule has 1 aliphatic rings. The van der Waals surface area contributed by atoms with Gasteiger partial charge in [-0.1, -0.05) is 36.4 Å². The van der Waals surface area contributed by atoms with E-state index in [0.717, 1.165) is 31.6 Å². The highest BCUT2D eigenvalue weighted by Gasteiger charge is 2.30. The molecule has 0 atom stereocenters. The lowest BCUT2D eigenvalue weighted by atomic mass is 10.0. The summed E-state index contributed by atoms with van der Waals surface area (Å²) in [5.41, 5.74) is 1.10. The van der Waals surface area contributed by atoms with Crippen molar-refractivity contribution < 1.29 is 9.47 Å². The van der Waals surface area contributed by atoms with Gasteiger partial charge in [0.1, 0.15) is 0 Å². The molecule has 1 saturated heterocycles. The summed E-state index contributed by atoms with van der Waals surface area (Å²) in [6.45, 7) is 3.55. The van der Waals surface area contributed by atoms with Crippen LogP contribution < -0.4 is 0 Å². The van der Waals surface area contributed by atoms with E-state index in [1.54, 1.807) is 0 Å². The van der Waals surface area contributed by atoms with Crippen LogP contribution in [0.2, 0.25) is 0 Å². The van der Waals surface area contributed by atoms with Crippen LogP contribution >= 0.6 is 0 Å². The highest BCUT2D eigenvalue weighted by molar-refractivity contribution is 5.83. The number of hydrogen-bond donors (Lipinski definition) is 0. The molecule has 0 saturated carbocycles. The first kappa shape index (κ1) is 11.7. The molecule has 1 heterocycles. The van der Waals surface area contributed by atoms with E-state index in [1.807, 2.05) is 6.92 Å². The molecule has 0 radical (unpaired) electrons. The predicted octanol–water partition coefficient (Wildman–Crippen LogP) is 3.84. The lowest BCUT2D eigenvalue weighted by molar-refractivity contribution is -0.221. The predicted molar refractivity (Wildman–Crippen MR) is 72.4 cm³/mol. The summed E-state index contributed by atoms with van der Waals surface area (Å²) in [4.78, 5) is 0. The molecule has 0 aliphatic carbocycles. The van der Waals surface area contributed by atoms with E-state index in [4.69, 9.17) is 9.47 Å². The minimum Gasteiger partial charge on any atom is -0.346 e. The molecule has 0 spiro atoms. The van der Waals surface area contributed by atoms with Gasteiger partial charge in [-0.25, -0.2) is 0 Å². The lowest BCUT2D eigenvalue weighted by Gasteiger charge is -2.28. The molecular weight excluding hydrogens is 224 g/mol. The Labute approximate surface area is 108 Å². The number of ether oxygens (including phenoxy) is 2. The van der Waals surface area contributed by atoms with Crippen molar-refractivity contribution in [3.8, 4) is 0 Å². The molecule has 94 valence electrons. The summed E-state index contributed by atoms with van der Waals surface area (Å²) < 4.78 is 11.8. The Balaban J connectivity index is 2.02. The second kappa shape index (κ2) is 4.71. The largest absolute Gasteiger partial charge is 0.346 e. The normalized spacial score (nSPS) is 19.6. The van der Waals surface area contributed by atoms with Crippen LogP contribution in [0.5, 0.6) is 0 Å². The average Bonchev–Trinajstić information content (AvgIpc) is 2.64. The van der Waals surface area contributed by atoms with Crippen molar-refractivity contribution in [2.45, 2.75) is 25.6 Å². The van der Waals surface area contributed by atoms with Crippen LogP contribution in [0, 0.1) is 0 Å². The summed E-state index contributed by atoms with van der Waals surface area (Å²) in [7, 11) is 0.